The van der Waals surface area contributed by atoms with Gasteiger partial charge < -0.3 is 14.6 Å². The van der Waals surface area contributed by atoms with Gasteiger partial charge in [-0.3, -0.25) is 0 Å². The smallest absolute Gasteiger partial charge is 0.387 e. The highest BCUT2D eigenvalue weighted by molar-refractivity contribution is 5.47. The van der Waals surface area contributed by atoms with Crippen molar-refractivity contribution in [2.45, 2.75) is 13.2 Å². The van der Waals surface area contributed by atoms with Gasteiger partial charge in [0.15, 0.2) is 11.6 Å². The van der Waals surface area contributed by atoms with Gasteiger partial charge in [-0.2, -0.15) is 8.78 Å². The number of nitrogens with one attached hydrogen (secondary N) is 1. The van der Waals surface area contributed by atoms with Crippen LogP contribution in [0, 0.1) is 5.82 Å². The van der Waals surface area contributed by atoms with Crippen molar-refractivity contribution in [3.05, 3.63) is 48.0 Å². The molecule has 19 heavy (non-hydrogen) atoms. The third-order valence-corrected chi connectivity index (χ3v) is 2.67. The first kappa shape index (κ1) is 13.3. The number of hydrogen-bond donors (Lipinski definition) is 1. The fraction of sp³-hybridized carbons (Fsp3) is 0.231. The summed E-state index contributed by atoms with van der Waals surface area (Å²) in [6.45, 7) is -2.52. The molecular formula is C13H13F3N2O. The van der Waals surface area contributed by atoms with Crippen molar-refractivity contribution in [1.29, 1.82) is 0 Å². The number of nitrogens with zero attached hydrogens (tertiary/aromatic N) is 1. The maximum absolute atomic E-state index is 13.5. The molecule has 3 nitrogen and oxygen atoms in total. The zero-order chi connectivity index (χ0) is 13.8. The topological polar surface area (TPSA) is 26.2 Å². The molecule has 1 heterocycles. The van der Waals surface area contributed by atoms with Gasteiger partial charge in [-0.1, -0.05) is 0 Å². The Labute approximate surface area is 108 Å². The van der Waals surface area contributed by atoms with Gasteiger partial charge in [-0.25, -0.2) is 4.39 Å². The van der Waals surface area contributed by atoms with E-state index in [-0.39, 0.29) is 0 Å². The van der Waals surface area contributed by atoms with Gasteiger partial charge in [0.05, 0.1) is 6.54 Å². The van der Waals surface area contributed by atoms with Crippen LogP contribution in [0.15, 0.2) is 36.5 Å². The molecule has 0 unspecified atom stereocenters. The van der Waals surface area contributed by atoms with E-state index in [1.54, 1.807) is 0 Å². The molecule has 0 bridgehead atoms. The predicted octanol–water partition coefficient (Wildman–Crippen LogP) is 3.38. The van der Waals surface area contributed by atoms with Gasteiger partial charge in [0, 0.05) is 30.7 Å². The standard InChI is InChI=1S/C13H13F3N2O/c1-18-6-2-3-10(18)8-17-9-4-5-12(11(14)7-9)19-13(15)16/h2-7,13,17H,8H2,1H3. The van der Waals surface area contributed by atoms with Crippen LogP contribution in [0.3, 0.4) is 0 Å². The van der Waals surface area contributed by atoms with E-state index < -0.39 is 18.2 Å². The number of benzene rings is 1. The van der Waals surface area contributed by atoms with Crippen molar-refractivity contribution in [2.24, 2.45) is 7.05 Å². The Bertz CT molecular complexity index is 555. The highest BCUT2D eigenvalue weighted by Crippen LogP contribution is 2.23. The van der Waals surface area contributed by atoms with Crippen LogP contribution < -0.4 is 10.1 Å². The molecule has 0 amide bonds. The first-order valence-corrected chi connectivity index (χ1v) is 5.64. The number of aryl methyl sites for hydroxylation is 1. The fourth-order valence-electron chi connectivity index (χ4n) is 1.68. The number of rotatable bonds is 5. The number of anilines is 1. The normalized spacial score (nSPS) is 10.8. The molecule has 0 spiro atoms. The van der Waals surface area contributed by atoms with Gasteiger partial charge in [0.1, 0.15) is 0 Å². The minimum atomic E-state index is -3.03. The predicted molar refractivity (Wildman–Crippen MR) is 65.8 cm³/mol. The number of hydrogen-bond acceptors (Lipinski definition) is 2. The molecule has 0 aliphatic heterocycles. The monoisotopic (exact) mass is 270 g/mol. The van der Waals surface area contributed by atoms with E-state index in [4.69, 9.17) is 0 Å². The van der Waals surface area contributed by atoms with Crippen molar-refractivity contribution in [3.63, 3.8) is 0 Å². The molecule has 102 valence electrons. The maximum atomic E-state index is 13.5. The van der Waals surface area contributed by atoms with Crippen LogP contribution >= 0.6 is 0 Å². The molecule has 1 aromatic heterocycles. The van der Waals surface area contributed by atoms with Crippen LogP contribution in [-0.2, 0) is 13.6 Å². The third kappa shape index (κ3) is 3.43. The molecule has 0 aliphatic carbocycles. The number of alkyl halides is 2. The highest BCUT2D eigenvalue weighted by atomic mass is 19.3. The van der Waals surface area contributed by atoms with Gasteiger partial charge in [-0.05, 0) is 24.3 Å². The van der Waals surface area contributed by atoms with E-state index in [0.717, 1.165) is 11.8 Å². The van der Waals surface area contributed by atoms with Crippen LogP contribution in [0.4, 0.5) is 18.9 Å². The molecule has 1 N–H and O–H groups in total. The van der Waals surface area contributed by atoms with Crippen LogP contribution in [0.1, 0.15) is 5.69 Å². The van der Waals surface area contributed by atoms with E-state index in [0.29, 0.717) is 12.2 Å². The molecule has 0 saturated heterocycles. The zero-order valence-corrected chi connectivity index (χ0v) is 10.2. The summed E-state index contributed by atoms with van der Waals surface area (Å²) in [6.07, 6.45) is 1.90. The quantitative estimate of drug-likeness (QED) is 0.901. The fourth-order valence-corrected chi connectivity index (χ4v) is 1.68. The molecule has 0 radical (unpaired) electrons. The van der Waals surface area contributed by atoms with E-state index in [9.17, 15) is 13.2 Å². The van der Waals surface area contributed by atoms with Gasteiger partial charge in [0.2, 0.25) is 0 Å². The minimum Gasteiger partial charge on any atom is -0.432 e. The number of ether oxygens (including phenoxy) is 1. The van der Waals surface area contributed by atoms with Crippen molar-refractivity contribution in [1.82, 2.24) is 4.57 Å². The third-order valence-electron chi connectivity index (χ3n) is 2.67. The van der Waals surface area contributed by atoms with Gasteiger partial charge in [0.25, 0.3) is 0 Å². The lowest BCUT2D eigenvalue weighted by Crippen LogP contribution is -2.06. The molecule has 2 aromatic rings. The maximum Gasteiger partial charge on any atom is 0.387 e. The van der Waals surface area contributed by atoms with E-state index in [2.05, 4.69) is 10.1 Å². The zero-order valence-electron chi connectivity index (χ0n) is 10.2. The second-order valence-corrected chi connectivity index (χ2v) is 3.99. The highest BCUT2D eigenvalue weighted by Gasteiger charge is 2.10. The van der Waals surface area contributed by atoms with Crippen LogP contribution in [0.25, 0.3) is 0 Å². The first-order valence-electron chi connectivity index (χ1n) is 5.64. The molecule has 1 aromatic carbocycles. The van der Waals surface area contributed by atoms with Gasteiger partial charge >= 0.3 is 6.61 Å². The van der Waals surface area contributed by atoms with E-state index in [1.165, 1.54) is 12.1 Å². The molecule has 0 saturated carbocycles. The van der Waals surface area contributed by atoms with Crippen molar-refractivity contribution in [2.75, 3.05) is 5.32 Å². The van der Waals surface area contributed by atoms with Crippen molar-refractivity contribution < 1.29 is 17.9 Å². The molecule has 0 fully saturated rings. The van der Waals surface area contributed by atoms with E-state index >= 15 is 0 Å². The number of halogens is 3. The van der Waals surface area contributed by atoms with Crippen molar-refractivity contribution >= 4 is 5.69 Å². The first-order chi connectivity index (χ1) is 9.06. The Hall–Kier alpha value is -2.11. The second kappa shape index (κ2) is 5.69. The SMILES string of the molecule is Cn1cccc1CNc1ccc(OC(F)F)c(F)c1. The summed E-state index contributed by atoms with van der Waals surface area (Å²) < 4.78 is 43.4. The molecule has 6 heteroatoms. The molecule has 0 aliphatic rings. The summed E-state index contributed by atoms with van der Waals surface area (Å²) in [6, 6.07) is 7.62. The van der Waals surface area contributed by atoms with Crippen molar-refractivity contribution in [3.8, 4) is 5.75 Å². The summed E-state index contributed by atoms with van der Waals surface area (Å²) in [5, 5.41) is 3.01. The van der Waals surface area contributed by atoms with Crippen LogP contribution in [0.5, 0.6) is 5.75 Å². The Morgan fingerprint density at radius 1 is 1.32 bits per heavy atom. The summed E-state index contributed by atoms with van der Waals surface area (Å²) in [5.41, 5.74) is 1.52. The minimum absolute atomic E-state index is 0.459. The lowest BCUT2D eigenvalue weighted by Gasteiger charge is -2.10. The average Bonchev–Trinajstić information content (AvgIpc) is 2.75. The van der Waals surface area contributed by atoms with Crippen LogP contribution in [0.2, 0.25) is 0 Å². The molecule has 0 atom stereocenters. The largest absolute Gasteiger partial charge is 0.432 e. The lowest BCUT2D eigenvalue weighted by molar-refractivity contribution is -0.0521. The molecular weight excluding hydrogens is 257 g/mol. The van der Waals surface area contributed by atoms with E-state index in [1.807, 2.05) is 29.9 Å². The summed E-state index contributed by atoms with van der Waals surface area (Å²) >= 11 is 0. The summed E-state index contributed by atoms with van der Waals surface area (Å²) in [4.78, 5) is 0. The number of aromatic nitrogens is 1. The Kier molecular flexibility index (Phi) is 3.99. The lowest BCUT2D eigenvalue weighted by atomic mass is 10.3. The Balaban J connectivity index is 2.02. The Morgan fingerprint density at radius 2 is 2.11 bits per heavy atom. The summed E-state index contributed by atoms with van der Waals surface area (Å²) in [5.74, 6) is -1.28. The van der Waals surface area contributed by atoms with Gasteiger partial charge in [-0.15, -0.1) is 0 Å². The Morgan fingerprint density at radius 3 is 2.68 bits per heavy atom. The summed E-state index contributed by atoms with van der Waals surface area (Å²) in [7, 11) is 1.90. The molecule has 2 rings (SSSR count). The average molecular weight is 270 g/mol. The second-order valence-electron chi connectivity index (χ2n) is 3.99. The van der Waals surface area contributed by atoms with Crippen LogP contribution in [-0.4, -0.2) is 11.2 Å².